The minimum atomic E-state index is -0.623. The van der Waals surface area contributed by atoms with E-state index in [0.29, 0.717) is 11.5 Å². The lowest BCUT2D eigenvalue weighted by Crippen LogP contribution is -2.16. The van der Waals surface area contributed by atoms with E-state index in [-0.39, 0.29) is 0 Å². The summed E-state index contributed by atoms with van der Waals surface area (Å²) in [5.41, 5.74) is 2.95. The van der Waals surface area contributed by atoms with Gasteiger partial charge in [-0.25, -0.2) is 10.2 Å². The molecule has 1 aromatic rings. The summed E-state index contributed by atoms with van der Waals surface area (Å²) >= 11 is 0. The van der Waals surface area contributed by atoms with Crippen LogP contribution in [0.3, 0.4) is 0 Å². The quantitative estimate of drug-likeness (QED) is 0.635. The first-order valence-electron chi connectivity index (χ1n) is 4.80. The van der Waals surface area contributed by atoms with Gasteiger partial charge in [-0.05, 0) is 23.8 Å². The second-order valence-electron chi connectivity index (χ2n) is 2.98. The van der Waals surface area contributed by atoms with Crippen molar-refractivity contribution in [3.8, 4) is 11.5 Å². The molecule has 0 fully saturated rings. The van der Waals surface area contributed by atoms with Crippen molar-refractivity contribution >= 4 is 12.3 Å². The first-order valence-corrected chi connectivity index (χ1v) is 4.80. The molecule has 0 unspecified atom stereocenters. The molecule has 6 nitrogen and oxygen atoms in total. The molecule has 1 N–H and O–H groups in total. The highest BCUT2D eigenvalue weighted by Crippen LogP contribution is 2.26. The molecule has 0 bridgehead atoms. The molecule has 1 rings (SSSR count). The highest BCUT2D eigenvalue weighted by Gasteiger charge is 2.03. The van der Waals surface area contributed by atoms with Crippen LogP contribution in [0.1, 0.15) is 5.56 Å². The van der Waals surface area contributed by atoms with Crippen LogP contribution < -0.4 is 14.9 Å². The Morgan fingerprint density at radius 1 is 1.24 bits per heavy atom. The van der Waals surface area contributed by atoms with Crippen LogP contribution in [0.15, 0.2) is 23.3 Å². The fourth-order valence-corrected chi connectivity index (χ4v) is 1.14. The number of nitrogens with zero attached hydrogens (tertiary/aromatic N) is 1. The number of benzene rings is 1. The zero-order chi connectivity index (χ0) is 12.7. The predicted octanol–water partition coefficient (Wildman–Crippen LogP) is 1.39. The van der Waals surface area contributed by atoms with E-state index in [1.807, 2.05) is 0 Å². The Hall–Kier alpha value is -2.24. The Balaban J connectivity index is 2.75. The van der Waals surface area contributed by atoms with Crippen LogP contribution in [0, 0.1) is 0 Å². The first kappa shape index (κ1) is 12.8. The van der Waals surface area contributed by atoms with Gasteiger partial charge in [-0.3, -0.25) is 0 Å². The van der Waals surface area contributed by atoms with Gasteiger partial charge in [-0.1, -0.05) is 0 Å². The lowest BCUT2D eigenvalue weighted by molar-refractivity contribution is 0.171. The number of carbonyl (C=O) groups excluding carboxylic acids is 1. The summed E-state index contributed by atoms with van der Waals surface area (Å²) in [6.07, 6.45) is 0.848. The third-order valence-corrected chi connectivity index (χ3v) is 1.96. The number of amides is 1. The molecule has 0 spiro atoms. The van der Waals surface area contributed by atoms with Crippen LogP contribution in [0.4, 0.5) is 4.79 Å². The summed E-state index contributed by atoms with van der Waals surface area (Å²) in [6.45, 7) is 0. The molecule has 1 aromatic carbocycles. The van der Waals surface area contributed by atoms with Crippen molar-refractivity contribution < 1.29 is 19.0 Å². The molecule has 0 aromatic heterocycles. The monoisotopic (exact) mass is 238 g/mol. The zero-order valence-electron chi connectivity index (χ0n) is 9.89. The van der Waals surface area contributed by atoms with Crippen LogP contribution >= 0.6 is 0 Å². The molecule has 0 aliphatic heterocycles. The molecule has 1 amide bonds. The standard InChI is InChI=1S/C11H14N2O4/c1-15-9-5-4-8(6-10(9)16-2)7-12-13-11(14)17-3/h4-7H,1-3H3,(H,13,14)/b12-7-. The van der Waals surface area contributed by atoms with Gasteiger partial charge in [-0.15, -0.1) is 0 Å². The maximum atomic E-state index is 10.7. The van der Waals surface area contributed by atoms with Crippen LogP contribution in [0.25, 0.3) is 0 Å². The summed E-state index contributed by atoms with van der Waals surface area (Å²) in [7, 11) is 4.37. The van der Waals surface area contributed by atoms with Gasteiger partial charge in [-0.2, -0.15) is 5.10 Å². The number of hydrazone groups is 1. The van der Waals surface area contributed by atoms with Crippen molar-refractivity contribution in [1.82, 2.24) is 5.43 Å². The molecule has 92 valence electrons. The second-order valence-corrected chi connectivity index (χ2v) is 2.98. The molecule has 0 heterocycles. The SMILES string of the molecule is COC(=O)N/N=C\c1ccc(OC)c(OC)c1. The third kappa shape index (κ3) is 3.67. The Bertz CT molecular complexity index is 418. The fourth-order valence-electron chi connectivity index (χ4n) is 1.14. The maximum Gasteiger partial charge on any atom is 0.427 e. The van der Waals surface area contributed by atoms with E-state index in [0.717, 1.165) is 5.56 Å². The molecule has 6 heteroatoms. The van der Waals surface area contributed by atoms with Crippen molar-refractivity contribution in [3.05, 3.63) is 23.8 Å². The smallest absolute Gasteiger partial charge is 0.427 e. The Labute approximate surface area is 99.2 Å². The van der Waals surface area contributed by atoms with Crippen LogP contribution in [-0.2, 0) is 4.74 Å². The van der Waals surface area contributed by atoms with Crippen molar-refractivity contribution in [2.75, 3.05) is 21.3 Å². The van der Waals surface area contributed by atoms with E-state index in [4.69, 9.17) is 9.47 Å². The third-order valence-electron chi connectivity index (χ3n) is 1.96. The summed E-state index contributed by atoms with van der Waals surface area (Å²) in [6, 6.07) is 5.27. The van der Waals surface area contributed by atoms with Gasteiger partial charge in [0, 0.05) is 0 Å². The maximum absolute atomic E-state index is 10.7. The molecule has 0 aliphatic rings. The number of rotatable bonds is 4. The number of nitrogens with one attached hydrogen (secondary N) is 1. The predicted molar refractivity (Wildman–Crippen MR) is 62.7 cm³/mol. The number of ether oxygens (including phenoxy) is 3. The number of carbonyl (C=O) groups is 1. The highest BCUT2D eigenvalue weighted by atomic mass is 16.5. The lowest BCUT2D eigenvalue weighted by Gasteiger charge is -2.07. The average Bonchev–Trinajstić information content (AvgIpc) is 2.38. The van der Waals surface area contributed by atoms with E-state index in [1.54, 1.807) is 32.4 Å². The van der Waals surface area contributed by atoms with Crippen molar-refractivity contribution in [2.24, 2.45) is 5.10 Å². The first-order chi connectivity index (χ1) is 8.21. The molecule has 17 heavy (non-hydrogen) atoms. The van der Waals surface area contributed by atoms with E-state index in [2.05, 4.69) is 15.3 Å². The minimum absolute atomic E-state index is 0.592. The summed E-state index contributed by atoms with van der Waals surface area (Å²) in [5, 5.41) is 3.70. The van der Waals surface area contributed by atoms with Gasteiger partial charge in [0.25, 0.3) is 0 Å². The zero-order valence-corrected chi connectivity index (χ0v) is 9.89. The fraction of sp³-hybridized carbons (Fsp3) is 0.273. The molecule has 0 saturated carbocycles. The largest absolute Gasteiger partial charge is 0.493 e. The van der Waals surface area contributed by atoms with Gasteiger partial charge >= 0.3 is 6.09 Å². The van der Waals surface area contributed by atoms with Gasteiger partial charge in [0.2, 0.25) is 0 Å². The van der Waals surface area contributed by atoms with E-state index >= 15 is 0 Å². The van der Waals surface area contributed by atoms with E-state index in [1.165, 1.54) is 13.3 Å². The van der Waals surface area contributed by atoms with Crippen LogP contribution in [0.2, 0.25) is 0 Å². The van der Waals surface area contributed by atoms with Crippen LogP contribution in [-0.4, -0.2) is 33.6 Å². The van der Waals surface area contributed by atoms with Gasteiger partial charge in [0.05, 0.1) is 27.5 Å². The van der Waals surface area contributed by atoms with E-state index in [9.17, 15) is 4.79 Å². The minimum Gasteiger partial charge on any atom is -0.493 e. The summed E-state index contributed by atoms with van der Waals surface area (Å²) < 4.78 is 14.6. The molecule has 0 aliphatic carbocycles. The normalized spacial score (nSPS) is 10.1. The Morgan fingerprint density at radius 3 is 2.53 bits per heavy atom. The topological polar surface area (TPSA) is 69.2 Å². The van der Waals surface area contributed by atoms with Gasteiger partial charge in [0.15, 0.2) is 11.5 Å². The van der Waals surface area contributed by atoms with Crippen molar-refractivity contribution in [2.45, 2.75) is 0 Å². The number of hydrogen-bond acceptors (Lipinski definition) is 5. The van der Waals surface area contributed by atoms with E-state index < -0.39 is 6.09 Å². The Kier molecular flexibility index (Phi) is 4.80. The summed E-state index contributed by atoms with van der Waals surface area (Å²) in [5.74, 6) is 1.22. The second kappa shape index (κ2) is 6.37. The molecule has 0 saturated heterocycles. The highest BCUT2D eigenvalue weighted by molar-refractivity contribution is 5.82. The summed E-state index contributed by atoms with van der Waals surface area (Å²) in [4.78, 5) is 10.7. The lowest BCUT2D eigenvalue weighted by atomic mass is 10.2. The Morgan fingerprint density at radius 2 is 1.94 bits per heavy atom. The van der Waals surface area contributed by atoms with Crippen LogP contribution in [0.5, 0.6) is 11.5 Å². The number of hydrogen-bond donors (Lipinski definition) is 1. The van der Waals surface area contributed by atoms with Crippen molar-refractivity contribution in [3.63, 3.8) is 0 Å². The average molecular weight is 238 g/mol. The number of methoxy groups -OCH3 is 3. The van der Waals surface area contributed by atoms with Gasteiger partial charge in [0.1, 0.15) is 0 Å². The van der Waals surface area contributed by atoms with Gasteiger partial charge < -0.3 is 14.2 Å². The van der Waals surface area contributed by atoms with Crippen molar-refractivity contribution in [1.29, 1.82) is 0 Å². The molecule has 0 atom stereocenters. The molecule has 0 radical (unpaired) electrons. The molecular formula is C11H14N2O4. The molecular weight excluding hydrogens is 224 g/mol.